The number of fused-ring (bicyclic) bond motifs is 1. The molecule has 1 atom stereocenters. The molecule has 0 saturated heterocycles. The van der Waals surface area contributed by atoms with E-state index in [1.54, 1.807) is 18.2 Å². The van der Waals surface area contributed by atoms with Crippen molar-refractivity contribution in [2.24, 2.45) is 0 Å². The van der Waals surface area contributed by atoms with Gasteiger partial charge in [0.1, 0.15) is 12.7 Å². The van der Waals surface area contributed by atoms with Gasteiger partial charge < -0.3 is 29.0 Å². The van der Waals surface area contributed by atoms with Crippen molar-refractivity contribution in [3.8, 4) is 23.0 Å². The van der Waals surface area contributed by atoms with Crippen LogP contribution in [0.5, 0.6) is 23.0 Å². The van der Waals surface area contributed by atoms with E-state index in [2.05, 4.69) is 5.32 Å². The highest BCUT2D eigenvalue weighted by molar-refractivity contribution is 5.92. The number of hydrogen-bond acceptors (Lipinski definition) is 7. The highest BCUT2D eigenvalue weighted by atomic mass is 16.6. The van der Waals surface area contributed by atoms with Gasteiger partial charge in [0.15, 0.2) is 29.6 Å². The molecule has 0 unspecified atom stereocenters. The molecule has 0 aliphatic carbocycles. The summed E-state index contributed by atoms with van der Waals surface area (Å²) in [6.45, 7) is 2.41. The summed E-state index contributed by atoms with van der Waals surface area (Å²) < 4.78 is 27.0. The Kier molecular flexibility index (Phi) is 6.78. The topological polar surface area (TPSA) is 92.3 Å². The number of carbonyl (C=O) groups is 2. The van der Waals surface area contributed by atoms with Crippen LogP contribution in [0.3, 0.4) is 0 Å². The second kappa shape index (κ2) is 9.68. The molecule has 0 aromatic heterocycles. The van der Waals surface area contributed by atoms with Gasteiger partial charge in [0, 0.05) is 0 Å². The van der Waals surface area contributed by atoms with E-state index in [0.29, 0.717) is 36.2 Å². The van der Waals surface area contributed by atoms with Crippen LogP contribution in [0.15, 0.2) is 42.5 Å². The Labute approximate surface area is 168 Å². The predicted octanol–water partition coefficient (Wildman–Crippen LogP) is 2.21. The summed E-state index contributed by atoms with van der Waals surface area (Å²) in [5.74, 6) is 1.19. The maximum atomic E-state index is 12.2. The minimum absolute atomic E-state index is 0.238. The molecule has 2 aromatic carbocycles. The van der Waals surface area contributed by atoms with Crippen molar-refractivity contribution in [3.63, 3.8) is 0 Å². The molecule has 1 amide bonds. The number of esters is 1. The fourth-order valence-electron chi connectivity index (χ4n) is 2.73. The fourth-order valence-corrected chi connectivity index (χ4v) is 2.73. The minimum Gasteiger partial charge on any atom is -0.493 e. The van der Waals surface area contributed by atoms with E-state index >= 15 is 0 Å². The van der Waals surface area contributed by atoms with Crippen molar-refractivity contribution in [3.05, 3.63) is 48.0 Å². The zero-order valence-corrected chi connectivity index (χ0v) is 16.3. The lowest BCUT2D eigenvalue weighted by Gasteiger charge is -2.26. The van der Waals surface area contributed by atoms with E-state index in [1.807, 2.05) is 25.1 Å². The third-order valence-electron chi connectivity index (χ3n) is 4.13. The first kappa shape index (κ1) is 20.3. The molecule has 0 radical (unpaired) electrons. The first-order chi connectivity index (χ1) is 14.1. The van der Waals surface area contributed by atoms with Crippen LogP contribution >= 0.6 is 0 Å². The molecular weight excluding hydrogens is 378 g/mol. The van der Waals surface area contributed by atoms with Crippen molar-refractivity contribution in [2.75, 3.05) is 33.5 Å². The van der Waals surface area contributed by atoms with Crippen LogP contribution in [0.4, 0.5) is 0 Å². The van der Waals surface area contributed by atoms with Crippen molar-refractivity contribution < 1.29 is 33.3 Å². The number of para-hydroxylation sites is 2. The van der Waals surface area contributed by atoms with E-state index in [4.69, 9.17) is 23.7 Å². The molecule has 29 heavy (non-hydrogen) atoms. The molecular formula is C21H23NO7. The van der Waals surface area contributed by atoms with E-state index in [-0.39, 0.29) is 18.2 Å². The first-order valence-corrected chi connectivity index (χ1v) is 9.23. The molecule has 8 heteroatoms. The maximum Gasteiger partial charge on any atom is 0.338 e. The first-order valence-electron chi connectivity index (χ1n) is 9.23. The fraction of sp³-hybridized carbons (Fsp3) is 0.333. The van der Waals surface area contributed by atoms with Gasteiger partial charge >= 0.3 is 5.97 Å². The normalized spacial score (nSPS) is 14.6. The number of rotatable bonds is 8. The van der Waals surface area contributed by atoms with Gasteiger partial charge in [0.25, 0.3) is 5.91 Å². The lowest BCUT2D eigenvalue weighted by atomic mass is 10.2. The second-order valence-electron chi connectivity index (χ2n) is 6.18. The van der Waals surface area contributed by atoms with Gasteiger partial charge in [0.05, 0.1) is 25.8 Å². The summed E-state index contributed by atoms with van der Waals surface area (Å²) in [5.41, 5.74) is 0.266. The Hall–Kier alpha value is -3.42. The molecule has 154 valence electrons. The van der Waals surface area contributed by atoms with Gasteiger partial charge in [-0.25, -0.2) is 4.79 Å². The third kappa shape index (κ3) is 5.31. The summed E-state index contributed by atoms with van der Waals surface area (Å²) >= 11 is 0. The largest absolute Gasteiger partial charge is 0.493 e. The van der Waals surface area contributed by atoms with Crippen LogP contribution in [0, 0.1) is 0 Å². The summed E-state index contributed by atoms with van der Waals surface area (Å²) in [6.07, 6.45) is -0.320. The van der Waals surface area contributed by atoms with Crippen LogP contribution in [0.1, 0.15) is 17.3 Å². The quantitative estimate of drug-likeness (QED) is 0.678. The average molecular weight is 401 g/mol. The molecule has 2 aromatic rings. The zero-order valence-electron chi connectivity index (χ0n) is 16.3. The summed E-state index contributed by atoms with van der Waals surface area (Å²) in [4.78, 5) is 24.2. The zero-order chi connectivity index (χ0) is 20.6. The van der Waals surface area contributed by atoms with E-state index in [0.717, 1.165) is 0 Å². The van der Waals surface area contributed by atoms with Gasteiger partial charge in [0.2, 0.25) is 0 Å². The minimum atomic E-state index is -0.630. The third-order valence-corrected chi connectivity index (χ3v) is 4.13. The molecule has 8 nitrogen and oxygen atoms in total. The second-order valence-corrected chi connectivity index (χ2v) is 6.18. The number of methoxy groups -OCH3 is 1. The lowest BCUT2D eigenvalue weighted by Crippen LogP contribution is -2.42. The molecule has 3 rings (SSSR count). The maximum absolute atomic E-state index is 12.2. The molecule has 0 spiro atoms. The monoisotopic (exact) mass is 401 g/mol. The Balaban J connectivity index is 1.46. The predicted molar refractivity (Wildman–Crippen MR) is 104 cm³/mol. The van der Waals surface area contributed by atoms with Crippen molar-refractivity contribution in [1.82, 2.24) is 5.32 Å². The van der Waals surface area contributed by atoms with Crippen LogP contribution in [-0.2, 0) is 9.53 Å². The number of hydrogen-bond donors (Lipinski definition) is 1. The lowest BCUT2D eigenvalue weighted by molar-refractivity contribution is -0.124. The Morgan fingerprint density at radius 3 is 2.69 bits per heavy atom. The smallest absolute Gasteiger partial charge is 0.338 e. The molecule has 1 aliphatic heterocycles. The standard InChI is InChI=1S/C21H23NO7/c1-3-26-19-10-14(8-9-16(19)25-2)21(24)28-13-20(23)22-11-15-12-27-17-6-4-5-7-18(17)29-15/h4-10,15H,3,11-13H2,1-2H3,(H,22,23)/t15-/m1/s1. The van der Waals surface area contributed by atoms with Gasteiger partial charge in [-0.15, -0.1) is 0 Å². The van der Waals surface area contributed by atoms with E-state index < -0.39 is 18.5 Å². The van der Waals surface area contributed by atoms with Crippen LogP contribution in [0.25, 0.3) is 0 Å². The van der Waals surface area contributed by atoms with Crippen molar-refractivity contribution in [1.29, 1.82) is 0 Å². The van der Waals surface area contributed by atoms with Crippen LogP contribution in [0.2, 0.25) is 0 Å². The van der Waals surface area contributed by atoms with Crippen molar-refractivity contribution >= 4 is 11.9 Å². The van der Waals surface area contributed by atoms with E-state index in [1.165, 1.54) is 13.2 Å². The molecule has 1 aliphatic rings. The number of benzene rings is 2. The van der Waals surface area contributed by atoms with Crippen molar-refractivity contribution in [2.45, 2.75) is 13.0 Å². The number of ether oxygens (including phenoxy) is 5. The summed E-state index contributed by atoms with van der Waals surface area (Å²) in [7, 11) is 1.51. The van der Waals surface area contributed by atoms with Gasteiger partial charge in [-0.2, -0.15) is 0 Å². The molecule has 1 heterocycles. The average Bonchev–Trinajstić information content (AvgIpc) is 2.76. The SMILES string of the molecule is CCOc1cc(C(=O)OCC(=O)NC[C@@H]2COc3ccccc3O2)ccc1OC. The molecule has 0 saturated carbocycles. The van der Waals surface area contributed by atoms with Crippen LogP contribution in [-0.4, -0.2) is 51.5 Å². The number of carbonyl (C=O) groups excluding carboxylic acids is 2. The Morgan fingerprint density at radius 2 is 1.93 bits per heavy atom. The molecule has 0 fully saturated rings. The summed E-state index contributed by atoms with van der Waals surface area (Å²) in [6, 6.07) is 12.0. The molecule has 0 bridgehead atoms. The Bertz CT molecular complexity index is 868. The highest BCUT2D eigenvalue weighted by Gasteiger charge is 2.21. The highest BCUT2D eigenvalue weighted by Crippen LogP contribution is 2.30. The van der Waals surface area contributed by atoms with Gasteiger partial charge in [-0.05, 0) is 37.3 Å². The number of nitrogens with one attached hydrogen (secondary N) is 1. The van der Waals surface area contributed by atoms with E-state index in [9.17, 15) is 9.59 Å². The van der Waals surface area contributed by atoms with Crippen LogP contribution < -0.4 is 24.3 Å². The molecule has 1 N–H and O–H groups in total. The van der Waals surface area contributed by atoms with Gasteiger partial charge in [-0.1, -0.05) is 12.1 Å². The Morgan fingerprint density at radius 1 is 1.14 bits per heavy atom. The summed E-state index contributed by atoms with van der Waals surface area (Å²) in [5, 5.41) is 2.67. The number of amides is 1. The van der Waals surface area contributed by atoms with Gasteiger partial charge in [-0.3, -0.25) is 4.79 Å².